The summed E-state index contributed by atoms with van der Waals surface area (Å²) in [5.41, 5.74) is 0.444. The Morgan fingerprint density at radius 1 is 1.17 bits per heavy atom. The third-order valence-electron chi connectivity index (χ3n) is 2.44. The summed E-state index contributed by atoms with van der Waals surface area (Å²) in [6, 6.07) is 0. The fourth-order valence-corrected chi connectivity index (χ4v) is 2.78. The van der Waals surface area contributed by atoms with Gasteiger partial charge < -0.3 is 4.74 Å². The molecule has 0 aromatic rings. The van der Waals surface area contributed by atoms with Gasteiger partial charge in [0.1, 0.15) is 5.44 Å². The summed E-state index contributed by atoms with van der Waals surface area (Å²) >= 11 is 1.99. The van der Waals surface area contributed by atoms with Gasteiger partial charge in [-0.05, 0) is 17.8 Å². The summed E-state index contributed by atoms with van der Waals surface area (Å²) in [5.74, 6) is 3.47. The Bertz CT molecular complexity index is 110. The SMILES string of the molecule is CC(C)C1COC(C(C)C)SC1. The minimum atomic E-state index is 0.444. The first-order chi connectivity index (χ1) is 5.61. The molecule has 0 N–H and O–H groups in total. The molecule has 1 fully saturated rings. The molecule has 1 aliphatic heterocycles. The first-order valence-electron chi connectivity index (χ1n) is 4.84. The Labute approximate surface area is 80.3 Å². The Balaban J connectivity index is 2.30. The maximum Gasteiger partial charge on any atom is 0.105 e. The number of rotatable bonds is 2. The molecular weight excluding hydrogens is 168 g/mol. The quantitative estimate of drug-likeness (QED) is 0.659. The van der Waals surface area contributed by atoms with E-state index in [9.17, 15) is 0 Å². The number of ether oxygens (including phenoxy) is 1. The van der Waals surface area contributed by atoms with Crippen molar-refractivity contribution in [2.45, 2.75) is 33.1 Å². The smallest absolute Gasteiger partial charge is 0.105 e. The summed E-state index contributed by atoms with van der Waals surface area (Å²) < 4.78 is 5.78. The van der Waals surface area contributed by atoms with Crippen molar-refractivity contribution in [2.24, 2.45) is 17.8 Å². The van der Waals surface area contributed by atoms with E-state index in [1.165, 1.54) is 5.75 Å². The second-order valence-corrected chi connectivity index (χ2v) is 5.41. The lowest BCUT2D eigenvalue weighted by Gasteiger charge is -2.32. The van der Waals surface area contributed by atoms with Gasteiger partial charge in [-0.25, -0.2) is 0 Å². The predicted octanol–water partition coefficient (Wildman–Crippen LogP) is 3.00. The van der Waals surface area contributed by atoms with E-state index in [1.54, 1.807) is 0 Å². The van der Waals surface area contributed by atoms with Crippen LogP contribution in [0.1, 0.15) is 27.7 Å². The normalized spacial score (nSPS) is 31.5. The molecule has 0 radical (unpaired) electrons. The molecule has 0 spiro atoms. The fourth-order valence-electron chi connectivity index (χ4n) is 1.30. The van der Waals surface area contributed by atoms with E-state index in [1.807, 2.05) is 11.8 Å². The molecule has 0 saturated carbocycles. The summed E-state index contributed by atoms with van der Waals surface area (Å²) in [6.45, 7) is 9.99. The Kier molecular flexibility index (Phi) is 3.91. The third-order valence-corrected chi connectivity index (χ3v) is 4.07. The van der Waals surface area contributed by atoms with E-state index < -0.39 is 0 Å². The second-order valence-electron chi connectivity index (χ2n) is 4.28. The fraction of sp³-hybridized carbons (Fsp3) is 1.00. The first kappa shape index (κ1) is 10.4. The Morgan fingerprint density at radius 2 is 1.83 bits per heavy atom. The minimum Gasteiger partial charge on any atom is -0.367 e. The van der Waals surface area contributed by atoms with Crippen molar-refractivity contribution in [3.8, 4) is 0 Å². The molecule has 1 aliphatic rings. The molecule has 2 atom stereocenters. The van der Waals surface area contributed by atoms with Crippen LogP contribution in [0, 0.1) is 17.8 Å². The van der Waals surface area contributed by atoms with Crippen LogP contribution in [0.5, 0.6) is 0 Å². The van der Waals surface area contributed by atoms with E-state index in [0.717, 1.165) is 18.4 Å². The lowest BCUT2D eigenvalue weighted by atomic mass is 9.99. The second kappa shape index (κ2) is 4.52. The summed E-state index contributed by atoms with van der Waals surface area (Å²) in [6.07, 6.45) is 0. The van der Waals surface area contributed by atoms with Crippen molar-refractivity contribution < 1.29 is 4.74 Å². The van der Waals surface area contributed by atoms with Gasteiger partial charge in [-0.15, -0.1) is 11.8 Å². The van der Waals surface area contributed by atoms with Crippen molar-refractivity contribution in [1.29, 1.82) is 0 Å². The Hall–Kier alpha value is 0.310. The molecule has 2 unspecified atom stereocenters. The third kappa shape index (κ3) is 2.67. The van der Waals surface area contributed by atoms with Gasteiger partial charge in [0.05, 0.1) is 6.61 Å². The lowest BCUT2D eigenvalue weighted by Crippen LogP contribution is -2.30. The minimum absolute atomic E-state index is 0.444. The van der Waals surface area contributed by atoms with Crippen molar-refractivity contribution in [3.05, 3.63) is 0 Å². The van der Waals surface area contributed by atoms with Gasteiger partial charge in [0.2, 0.25) is 0 Å². The summed E-state index contributed by atoms with van der Waals surface area (Å²) in [7, 11) is 0. The van der Waals surface area contributed by atoms with Gasteiger partial charge in [0.25, 0.3) is 0 Å². The van der Waals surface area contributed by atoms with Crippen LogP contribution >= 0.6 is 11.8 Å². The maximum atomic E-state index is 5.78. The molecule has 1 rings (SSSR count). The van der Waals surface area contributed by atoms with Crippen LogP contribution in [0.2, 0.25) is 0 Å². The molecular formula is C10H20OS. The monoisotopic (exact) mass is 188 g/mol. The van der Waals surface area contributed by atoms with E-state index in [4.69, 9.17) is 4.74 Å². The van der Waals surface area contributed by atoms with E-state index in [0.29, 0.717) is 11.4 Å². The van der Waals surface area contributed by atoms with Crippen LogP contribution < -0.4 is 0 Å². The highest BCUT2D eigenvalue weighted by molar-refractivity contribution is 7.99. The van der Waals surface area contributed by atoms with Crippen LogP contribution in [0.25, 0.3) is 0 Å². The molecule has 1 heterocycles. The predicted molar refractivity (Wildman–Crippen MR) is 55.4 cm³/mol. The van der Waals surface area contributed by atoms with Gasteiger partial charge in [0, 0.05) is 5.75 Å². The molecule has 0 aromatic carbocycles. The lowest BCUT2D eigenvalue weighted by molar-refractivity contribution is 0.0406. The maximum absolute atomic E-state index is 5.78. The molecule has 0 aliphatic carbocycles. The molecule has 2 heteroatoms. The van der Waals surface area contributed by atoms with Crippen LogP contribution in [0.3, 0.4) is 0 Å². The average molecular weight is 188 g/mol. The van der Waals surface area contributed by atoms with E-state index in [-0.39, 0.29) is 0 Å². The molecule has 12 heavy (non-hydrogen) atoms. The topological polar surface area (TPSA) is 9.23 Å². The van der Waals surface area contributed by atoms with Crippen LogP contribution in [-0.4, -0.2) is 17.8 Å². The Morgan fingerprint density at radius 3 is 2.17 bits per heavy atom. The highest BCUT2D eigenvalue weighted by Gasteiger charge is 2.25. The van der Waals surface area contributed by atoms with Gasteiger partial charge in [0.15, 0.2) is 0 Å². The summed E-state index contributed by atoms with van der Waals surface area (Å²) in [5, 5.41) is 0. The van der Waals surface area contributed by atoms with Crippen molar-refractivity contribution in [1.82, 2.24) is 0 Å². The van der Waals surface area contributed by atoms with Crippen molar-refractivity contribution in [3.63, 3.8) is 0 Å². The molecule has 0 bridgehead atoms. The summed E-state index contributed by atoms with van der Waals surface area (Å²) in [4.78, 5) is 0. The van der Waals surface area contributed by atoms with Gasteiger partial charge >= 0.3 is 0 Å². The van der Waals surface area contributed by atoms with Crippen LogP contribution in [0.15, 0.2) is 0 Å². The van der Waals surface area contributed by atoms with Gasteiger partial charge in [-0.2, -0.15) is 0 Å². The van der Waals surface area contributed by atoms with Crippen molar-refractivity contribution in [2.75, 3.05) is 12.4 Å². The number of hydrogen-bond donors (Lipinski definition) is 0. The zero-order valence-corrected chi connectivity index (χ0v) is 9.36. The molecule has 72 valence electrons. The molecule has 1 saturated heterocycles. The largest absolute Gasteiger partial charge is 0.367 e. The van der Waals surface area contributed by atoms with E-state index in [2.05, 4.69) is 27.7 Å². The van der Waals surface area contributed by atoms with Crippen LogP contribution in [0.4, 0.5) is 0 Å². The highest BCUT2D eigenvalue weighted by Crippen LogP contribution is 2.31. The van der Waals surface area contributed by atoms with E-state index >= 15 is 0 Å². The number of hydrogen-bond acceptors (Lipinski definition) is 2. The molecule has 1 nitrogen and oxygen atoms in total. The van der Waals surface area contributed by atoms with Gasteiger partial charge in [-0.1, -0.05) is 27.7 Å². The first-order valence-corrected chi connectivity index (χ1v) is 5.89. The van der Waals surface area contributed by atoms with Crippen LogP contribution in [-0.2, 0) is 4.74 Å². The zero-order valence-electron chi connectivity index (χ0n) is 8.54. The molecule has 0 amide bonds. The zero-order chi connectivity index (χ0) is 9.14. The number of thioether (sulfide) groups is 1. The highest BCUT2D eigenvalue weighted by atomic mass is 32.2. The van der Waals surface area contributed by atoms with Gasteiger partial charge in [-0.3, -0.25) is 0 Å². The average Bonchev–Trinajstić information content (AvgIpc) is 2.04. The molecule has 0 aromatic heterocycles. The van der Waals surface area contributed by atoms with Crippen molar-refractivity contribution >= 4 is 11.8 Å². The standard InChI is InChI=1S/C10H20OS/c1-7(2)9-5-11-10(8(3)4)12-6-9/h7-10H,5-6H2,1-4H3.